The van der Waals surface area contributed by atoms with Crippen molar-refractivity contribution in [3.8, 4) is 11.3 Å². The fraction of sp³-hybridized carbons (Fsp3) is 0.296. The molecule has 0 aliphatic carbocycles. The highest BCUT2D eigenvalue weighted by molar-refractivity contribution is 6.12. The minimum Gasteiger partial charge on any atom is -0.444 e. The molecule has 1 heterocycles. The molecule has 2 aromatic carbocycles. The molecule has 0 bridgehead atoms. The summed E-state index contributed by atoms with van der Waals surface area (Å²) in [6, 6.07) is 8.18. The molecule has 0 fully saturated rings. The van der Waals surface area contributed by atoms with E-state index in [1.54, 1.807) is 39.0 Å². The quantitative estimate of drug-likeness (QED) is 0.287. The van der Waals surface area contributed by atoms with E-state index in [-0.39, 0.29) is 22.6 Å². The predicted molar refractivity (Wildman–Crippen MR) is 141 cm³/mol. The highest BCUT2D eigenvalue weighted by Crippen LogP contribution is 2.41. The SMILES string of the molecule is CN(C)c1cc(NC(=O)OC(C)(C)C)c(NC(=O)CC(=O)c2cccc(-c3cnccn3)c2)cc1C(F)(F)F. The van der Waals surface area contributed by atoms with Crippen LogP contribution in [-0.4, -0.2) is 47.4 Å². The number of nitrogens with zero attached hydrogens (tertiary/aromatic N) is 3. The fourth-order valence-corrected chi connectivity index (χ4v) is 3.55. The van der Waals surface area contributed by atoms with Gasteiger partial charge in [0.2, 0.25) is 5.91 Å². The maximum atomic E-state index is 13.8. The molecule has 0 unspecified atom stereocenters. The third-order valence-corrected chi connectivity index (χ3v) is 5.20. The van der Waals surface area contributed by atoms with Crippen LogP contribution in [0, 0.1) is 0 Å². The first-order chi connectivity index (χ1) is 18.1. The second-order valence-corrected chi connectivity index (χ2v) is 9.75. The molecule has 2 amide bonds. The molecule has 0 radical (unpaired) electrons. The molecule has 3 rings (SSSR count). The van der Waals surface area contributed by atoms with E-state index in [0.29, 0.717) is 17.3 Å². The lowest BCUT2D eigenvalue weighted by Gasteiger charge is -2.24. The average Bonchev–Trinajstić information content (AvgIpc) is 2.83. The Labute approximate surface area is 223 Å². The number of hydrogen-bond donors (Lipinski definition) is 2. The second-order valence-electron chi connectivity index (χ2n) is 9.75. The predicted octanol–water partition coefficient (Wildman–Crippen LogP) is 5.79. The first-order valence-electron chi connectivity index (χ1n) is 11.8. The van der Waals surface area contributed by atoms with Crippen LogP contribution in [0.4, 0.5) is 35.0 Å². The Balaban J connectivity index is 1.89. The van der Waals surface area contributed by atoms with E-state index in [0.717, 1.165) is 6.07 Å². The van der Waals surface area contributed by atoms with Crippen molar-refractivity contribution in [3.63, 3.8) is 0 Å². The van der Waals surface area contributed by atoms with Crippen molar-refractivity contribution < 1.29 is 32.3 Å². The first kappa shape index (κ1) is 29.1. The second kappa shape index (κ2) is 11.5. The van der Waals surface area contributed by atoms with Crippen molar-refractivity contribution in [1.82, 2.24) is 9.97 Å². The van der Waals surface area contributed by atoms with E-state index in [2.05, 4.69) is 20.6 Å². The van der Waals surface area contributed by atoms with Crippen LogP contribution < -0.4 is 15.5 Å². The van der Waals surface area contributed by atoms with E-state index in [1.165, 1.54) is 43.7 Å². The summed E-state index contributed by atoms with van der Waals surface area (Å²) < 4.78 is 46.7. The van der Waals surface area contributed by atoms with Crippen molar-refractivity contribution in [2.75, 3.05) is 29.6 Å². The lowest BCUT2D eigenvalue weighted by molar-refractivity contribution is -0.137. The van der Waals surface area contributed by atoms with Crippen molar-refractivity contribution in [2.45, 2.75) is 39.0 Å². The summed E-state index contributed by atoms with van der Waals surface area (Å²) in [6.45, 7) is 4.87. The number of amides is 2. The number of carbonyl (C=O) groups excluding carboxylic acids is 3. The Morgan fingerprint density at radius 3 is 2.26 bits per heavy atom. The molecule has 2 N–H and O–H groups in total. The number of rotatable bonds is 7. The molecule has 0 spiro atoms. The van der Waals surface area contributed by atoms with Crippen molar-refractivity contribution >= 4 is 34.8 Å². The van der Waals surface area contributed by atoms with Gasteiger partial charge in [0.15, 0.2) is 5.78 Å². The van der Waals surface area contributed by atoms with E-state index in [9.17, 15) is 27.6 Å². The number of nitrogens with one attached hydrogen (secondary N) is 2. The maximum Gasteiger partial charge on any atom is 0.418 e. The summed E-state index contributed by atoms with van der Waals surface area (Å²) in [5, 5.41) is 4.72. The molecule has 39 heavy (non-hydrogen) atoms. The fourth-order valence-electron chi connectivity index (χ4n) is 3.55. The molecule has 1 aromatic heterocycles. The number of alkyl halides is 3. The van der Waals surface area contributed by atoms with Gasteiger partial charge in [-0.05, 0) is 39.0 Å². The largest absolute Gasteiger partial charge is 0.444 e. The number of Topliss-reactive ketones (excluding diaryl/α,β-unsaturated/α-hetero) is 1. The van der Waals surface area contributed by atoms with E-state index in [4.69, 9.17) is 4.74 Å². The van der Waals surface area contributed by atoms with Crippen LogP contribution in [0.15, 0.2) is 55.0 Å². The van der Waals surface area contributed by atoms with Gasteiger partial charge in [0.05, 0.1) is 40.9 Å². The van der Waals surface area contributed by atoms with Gasteiger partial charge in [-0.2, -0.15) is 13.2 Å². The molecular weight excluding hydrogens is 515 g/mol. The summed E-state index contributed by atoms with van der Waals surface area (Å²) in [4.78, 5) is 47.4. The smallest absolute Gasteiger partial charge is 0.418 e. The number of ketones is 1. The number of anilines is 3. The van der Waals surface area contributed by atoms with Crippen LogP contribution >= 0.6 is 0 Å². The van der Waals surface area contributed by atoms with Gasteiger partial charge in [0.1, 0.15) is 5.60 Å². The number of benzene rings is 2. The van der Waals surface area contributed by atoms with Crippen LogP contribution in [-0.2, 0) is 15.7 Å². The lowest BCUT2D eigenvalue weighted by atomic mass is 10.0. The number of ether oxygens (including phenoxy) is 1. The number of halogens is 3. The molecule has 0 aliphatic rings. The summed E-state index contributed by atoms with van der Waals surface area (Å²) in [7, 11) is 2.82. The zero-order valence-corrected chi connectivity index (χ0v) is 22.0. The summed E-state index contributed by atoms with van der Waals surface area (Å²) >= 11 is 0. The molecule has 206 valence electrons. The summed E-state index contributed by atoms with van der Waals surface area (Å²) in [5.74, 6) is -1.44. The zero-order chi connectivity index (χ0) is 29.0. The normalized spacial score (nSPS) is 11.5. The monoisotopic (exact) mass is 543 g/mol. The van der Waals surface area contributed by atoms with E-state index < -0.39 is 41.5 Å². The molecule has 12 heteroatoms. The number of aromatic nitrogens is 2. The van der Waals surface area contributed by atoms with Gasteiger partial charge in [0.25, 0.3) is 0 Å². The van der Waals surface area contributed by atoms with Crippen LogP contribution in [0.25, 0.3) is 11.3 Å². The van der Waals surface area contributed by atoms with Gasteiger partial charge >= 0.3 is 12.3 Å². The van der Waals surface area contributed by atoms with Crippen molar-refractivity contribution in [3.05, 3.63) is 66.1 Å². The molecule has 9 nitrogen and oxygen atoms in total. The summed E-state index contributed by atoms with van der Waals surface area (Å²) in [5.41, 5.74) is -1.31. The standard InChI is InChI=1S/C27H28F3N5O4/c1-26(2,3)39-25(38)34-20-13-22(35(4)5)18(27(28,29)30)12-19(20)33-24(37)14-23(36)17-8-6-7-16(11-17)21-15-31-9-10-32-21/h6-13,15H,14H2,1-5H3,(H,33,37)(H,34,38). The first-order valence-corrected chi connectivity index (χ1v) is 11.8. The van der Waals surface area contributed by atoms with Crippen molar-refractivity contribution in [2.24, 2.45) is 0 Å². The van der Waals surface area contributed by atoms with Gasteiger partial charge < -0.3 is 15.0 Å². The minimum atomic E-state index is -4.76. The molecular formula is C27H28F3N5O4. The zero-order valence-electron chi connectivity index (χ0n) is 22.0. The molecule has 0 atom stereocenters. The Morgan fingerprint density at radius 1 is 0.974 bits per heavy atom. The number of hydrogen-bond acceptors (Lipinski definition) is 7. The Kier molecular flexibility index (Phi) is 8.58. The van der Waals surface area contributed by atoms with Gasteiger partial charge in [-0.25, -0.2) is 4.79 Å². The molecule has 0 aliphatic heterocycles. The average molecular weight is 544 g/mol. The van der Waals surface area contributed by atoms with Gasteiger partial charge in [0, 0.05) is 37.6 Å². The van der Waals surface area contributed by atoms with Gasteiger partial charge in [-0.1, -0.05) is 18.2 Å². The number of carbonyl (C=O) groups is 3. The molecule has 3 aromatic rings. The maximum absolute atomic E-state index is 13.8. The minimum absolute atomic E-state index is 0.133. The van der Waals surface area contributed by atoms with Crippen LogP contribution in [0.2, 0.25) is 0 Å². The highest BCUT2D eigenvalue weighted by Gasteiger charge is 2.36. The van der Waals surface area contributed by atoms with E-state index >= 15 is 0 Å². The van der Waals surface area contributed by atoms with Gasteiger partial charge in [-0.15, -0.1) is 0 Å². The topological polar surface area (TPSA) is 114 Å². The van der Waals surface area contributed by atoms with Crippen LogP contribution in [0.5, 0.6) is 0 Å². The lowest BCUT2D eigenvalue weighted by Crippen LogP contribution is -2.28. The van der Waals surface area contributed by atoms with Crippen LogP contribution in [0.3, 0.4) is 0 Å². The highest BCUT2D eigenvalue weighted by atomic mass is 19.4. The molecule has 0 saturated carbocycles. The third-order valence-electron chi connectivity index (χ3n) is 5.20. The Hall–Kier alpha value is -4.48. The van der Waals surface area contributed by atoms with E-state index in [1.807, 2.05) is 0 Å². The van der Waals surface area contributed by atoms with Crippen molar-refractivity contribution in [1.29, 1.82) is 0 Å². The Bertz CT molecular complexity index is 1370. The third kappa shape index (κ3) is 8.00. The summed E-state index contributed by atoms with van der Waals surface area (Å²) in [6.07, 6.45) is -1.84. The molecule has 0 saturated heterocycles. The van der Waals surface area contributed by atoms with Gasteiger partial charge in [-0.3, -0.25) is 24.9 Å². The Morgan fingerprint density at radius 2 is 1.67 bits per heavy atom. The van der Waals surface area contributed by atoms with Crippen LogP contribution in [0.1, 0.15) is 43.1 Å².